The van der Waals surface area contributed by atoms with Gasteiger partial charge < -0.3 is 0 Å². The van der Waals surface area contributed by atoms with Gasteiger partial charge in [-0.1, -0.05) is 83.6 Å². The maximum absolute atomic E-state index is 2.66. The molecule has 0 aromatic carbocycles. The molecule has 0 heterocycles. The maximum Gasteiger partial charge on any atom is -0.00826 e. The van der Waals surface area contributed by atoms with E-state index in [-0.39, 0.29) is 0 Å². The average Bonchev–Trinajstić information content (AvgIpc) is 2.90. The molecule has 3 unspecified atom stereocenters. The van der Waals surface area contributed by atoms with Crippen molar-refractivity contribution in [3.8, 4) is 0 Å². The third kappa shape index (κ3) is 3.22. The Hall–Kier alpha value is -0.520. The van der Waals surface area contributed by atoms with Crippen molar-refractivity contribution >= 4 is 0 Å². The largest absolute Gasteiger partial charge is 0.0699 e. The predicted octanol–water partition coefficient (Wildman–Crippen LogP) is 9.41. The summed E-state index contributed by atoms with van der Waals surface area (Å²) in [6.07, 6.45) is 18.3. The normalized spacial score (nSPS) is 37.8. The molecule has 29 heavy (non-hydrogen) atoms. The lowest BCUT2D eigenvalue weighted by Gasteiger charge is -2.50. The summed E-state index contributed by atoms with van der Waals surface area (Å²) in [7, 11) is 0. The minimum atomic E-state index is 0.371. The van der Waals surface area contributed by atoms with E-state index in [1.165, 1.54) is 83.5 Å². The van der Waals surface area contributed by atoms with Gasteiger partial charge in [-0.05, 0) is 98.2 Å². The van der Waals surface area contributed by atoms with Crippen LogP contribution in [0.4, 0.5) is 0 Å². The smallest absolute Gasteiger partial charge is 0.00826 e. The van der Waals surface area contributed by atoms with E-state index in [0.717, 1.165) is 5.92 Å². The first-order chi connectivity index (χ1) is 13.5. The first-order valence-corrected chi connectivity index (χ1v) is 13.0. The van der Waals surface area contributed by atoms with Gasteiger partial charge >= 0.3 is 0 Å². The molecule has 0 bridgehead atoms. The van der Waals surface area contributed by atoms with Gasteiger partial charge in [0.25, 0.3) is 0 Å². The summed E-state index contributed by atoms with van der Waals surface area (Å²) in [5.41, 5.74) is 9.09. The van der Waals surface area contributed by atoms with Crippen LogP contribution in [-0.2, 0) is 0 Å². The van der Waals surface area contributed by atoms with Gasteiger partial charge in [-0.3, -0.25) is 0 Å². The zero-order chi connectivity index (χ0) is 21.1. The molecule has 0 nitrogen and oxygen atoms in total. The van der Waals surface area contributed by atoms with Crippen molar-refractivity contribution in [1.82, 2.24) is 0 Å². The van der Waals surface area contributed by atoms with Gasteiger partial charge in [0, 0.05) is 0 Å². The SMILES string of the molecule is CC(CC1(C)CC2=C(CCCCC2)C1(C)C)C1(C)CC2=C(CCCCC2)C1(C)C. The Kier molecular flexibility index (Phi) is 5.44. The van der Waals surface area contributed by atoms with E-state index in [1.807, 2.05) is 22.3 Å². The zero-order valence-electron chi connectivity index (χ0n) is 20.8. The molecule has 3 atom stereocenters. The molecule has 4 aliphatic carbocycles. The van der Waals surface area contributed by atoms with Crippen LogP contribution in [0.5, 0.6) is 0 Å². The van der Waals surface area contributed by atoms with E-state index in [0.29, 0.717) is 21.7 Å². The second-order valence-electron chi connectivity index (χ2n) is 13.0. The first-order valence-electron chi connectivity index (χ1n) is 13.0. The predicted molar refractivity (Wildman–Crippen MR) is 127 cm³/mol. The minimum Gasteiger partial charge on any atom is -0.0699 e. The monoisotopic (exact) mass is 396 g/mol. The van der Waals surface area contributed by atoms with Crippen molar-refractivity contribution < 1.29 is 0 Å². The van der Waals surface area contributed by atoms with Crippen LogP contribution in [0.15, 0.2) is 22.3 Å². The van der Waals surface area contributed by atoms with Crippen LogP contribution in [-0.4, -0.2) is 0 Å². The average molecular weight is 397 g/mol. The molecule has 0 fully saturated rings. The van der Waals surface area contributed by atoms with Crippen molar-refractivity contribution in [2.24, 2.45) is 27.6 Å². The standard InChI is InChI=1S/C29H48/c1-21(29(7)20-23-15-11-9-13-17-25(23)27(29,4)5)18-28(6)19-22-14-10-8-12-16-24(22)26(28,2)3/h21H,8-20H2,1-7H3. The van der Waals surface area contributed by atoms with Crippen LogP contribution in [0.2, 0.25) is 0 Å². The van der Waals surface area contributed by atoms with E-state index in [4.69, 9.17) is 0 Å². The third-order valence-electron chi connectivity index (χ3n) is 11.1. The number of rotatable bonds is 3. The lowest BCUT2D eigenvalue weighted by atomic mass is 9.54. The molecule has 0 aromatic heterocycles. The van der Waals surface area contributed by atoms with Crippen molar-refractivity contribution in [3.05, 3.63) is 22.3 Å². The van der Waals surface area contributed by atoms with Gasteiger partial charge in [0.05, 0.1) is 0 Å². The molecule has 0 N–H and O–H groups in total. The van der Waals surface area contributed by atoms with Crippen molar-refractivity contribution in [3.63, 3.8) is 0 Å². The van der Waals surface area contributed by atoms with Gasteiger partial charge in [-0.25, -0.2) is 0 Å². The van der Waals surface area contributed by atoms with Crippen LogP contribution in [0.25, 0.3) is 0 Å². The summed E-state index contributed by atoms with van der Waals surface area (Å²) in [6.45, 7) is 18.3. The van der Waals surface area contributed by atoms with Crippen LogP contribution in [0.1, 0.15) is 132 Å². The van der Waals surface area contributed by atoms with Gasteiger partial charge in [0.1, 0.15) is 0 Å². The first kappa shape index (κ1) is 21.7. The Morgan fingerprint density at radius 2 is 1.10 bits per heavy atom. The molecule has 0 spiro atoms. The highest BCUT2D eigenvalue weighted by atomic mass is 14.6. The molecule has 0 saturated carbocycles. The van der Waals surface area contributed by atoms with Crippen LogP contribution in [0.3, 0.4) is 0 Å². The molecular weight excluding hydrogens is 348 g/mol. The second kappa shape index (κ2) is 7.27. The van der Waals surface area contributed by atoms with Crippen LogP contribution in [0, 0.1) is 27.6 Å². The van der Waals surface area contributed by atoms with E-state index < -0.39 is 0 Å². The molecule has 4 aliphatic rings. The fourth-order valence-corrected chi connectivity index (χ4v) is 8.27. The maximum atomic E-state index is 2.66. The fourth-order valence-electron chi connectivity index (χ4n) is 8.27. The number of allylic oxidation sites excluding steroid dienone is 4. The van der Waals surface area contributed by atoms with E-state index in [1.54, 1.807) is 0 Å². The van der Waals surface area contributed by atoms with Crippen molar-refractivity contribution in [1.29, 1.82) is 0 Å². The number of hydrogen-bond donors (Lipinski definition) is 0. The van der Waals surface area contributed by atoms with E-state index >= 15 is 0 Å². The summed E-state index contributed by atoms with van der Waals surface area (Å²) in [5, 5.41) is 0. The van der Waals surface area contributed by atoms with E-state index in [2.05, 4.69) is 48.5 Å². The van der Waals surface area contributed by atoms with Gasteiger partial charge in [0.2, 0.25) is 0 Å². The summed E-state index contributed by atoms with van der Waals surface area (Å²) in [5.74, 6) is 0.775. The molecule has 0 heteroatoms. The van der Waals surface area contributed by atoms with Crippen LogP contribution < -0.4 is 0 Å². The molecule has 0 amide bonds. The highest BCUT2D eigenvalue weighted by Gasteiger charge is 2.56. The third-order valence-corrected chi connectivity index (χ3v) is 11.1. The molecule has 0 aromatic rings. The Morgan fingerprint density at radius 1 is 0.621 bits per heavy atom. The summed E-state index contributed by atoms with van der Waals surface area (Å²) < 4.78 is 0. The Balaban J connectivity index is 1.57. The lowest BCUT2D eigenvalue weighted by Crippen LogP contribution is -2.43. The lowest BCUT2D eigenvalue weighted by molar-refractivity contribution is 0.0149. The van der Waals surface area contributed by atoms with Crippen LogP contribution >= 0.6 is 0 Å². The quantitative estimate of drug-likeness (QED) is 0.417. The van der Waals surface area contributed by atoms with E-state index in [9.17, 15) is 0 Å². The molecular formula is C29H48. The van der Waals surface area contributed by atoms with Gasteiger partial charge in [0.15, 0.2) is 0 Å². The summed E-state index contributed by atoms with van der Waals surface area (Å²) >= 11 is 0. The fraction of sp³-hybridized carbons (Fsp3) is 0.862. The molecule has 0 radical (unpaired) electrons. The zero-order valence-corrected chi connectivity index (χ0v) is 20.8. The Labute approximate surface area is 182 Å². The summed E-state index contributed by atoms with van der Waals surface area (Å²) in [6, 6.07) is 0. The highest BCUT2D eigenvalue weighted by molar-refractivity contribution is 5.35. The van der Waals surface area contributed by atoms with Crippen molar-refractivity contribution in [2.45, 2.75) is 132 Å². The van der Waals surface area contributed by atoms with Gasteiger partial charge in [-0.2, -0.15) is 0 Å². The highest BCUT2D eigenvalue weighted by Crippen LogP contribution is 2.66. The second-order valence-corrected chi connectivity index (χ2v) is 13.0. The molecule has 0 aliphatic heterocycles. The van der Waals surface area contributed by atoms with Crippen molar-refractivity contribution in [2.75, 3.05) is 0 Å². The minimum absolute atomic E-state index is 0.371. The summed E-state index contributed by atoms with van der Waals surface area (Å²) in [4.78, 5) is 0. The van der Waals surface area contributed by atoms with Gasteiger partial charge in [-0.15, -0.1) is 0 Å². The molecule has 4 rings (SSSR count). The molecule has 164 valence electrons. The number of hydrogen-bond acceptors (Lipinski definition) is 0. The Morgan fingerprint density at radius 3 is 1.69 bits per heavy atom. The Bertz CT molecular complexity index is 714. The topological polar surface area (TPSA) is 0 Å². The molecule has 0 saturated heterocycles.